The number of nitro benzene ring substituents is 1. The van der Waals surface area contributed by atoms with Crippen molar-refractivity contribution in [1.29, 1.82) is 0 Å². The number of nitrogens with zero attached hydrogens (tertiary/aromatic N) is 3. The first-order valence-corrected chi connectivity index (χ1v) is 8.80. The Hall–Kier alpha value is -3.65. The lowest BCUT2D eigenvalue weighted by molar-refractivity contribution is -0.384. The van der Waals surface area contributed by atoms with Crippen molar-refractivity contribution in [2.75, 3.05) is 0 Å². The summed E-state index contributed by atoms with van der Waals surface area (Å²) in [5.41, 5.74) is 2.99. The Morgan fingerprint density at radius 1 is 1.21 bits per heavy atom. The number of rotatable bonds is 5. The lowest BCUT2D eigenvalue weighted by atomic mass is 10.2. The molecule has 0 atom stereocenters. The number of aromatic hydroxyl groups is 1. The number of hydrogen-bond acceptors (Lipinski definition) is 5. The number of aromatic carboxylic acids is 1. The Balaban J connectivity index is 2.00. The van der Waals surface area contributed by atoms with Crippen molar-refractivity contribution in [2.45, 2.75) is 13.8 Å². The summed E-state index contributed by atoms with van der Waals surface area (Å²) in [7, 11) is 0. The largest absolute Gasteiger partial charge is 0.506 e. The van der Waals surface area contributed by atoms with E-state index >= 15 is 0 Å². The number of aliphatic imine (C=N–C) groups is 1. The first-order valence-electron chi connectivity index (χ1n) is 8.42. The average Bonchev–Trinajstić information content (AvgIpc) is 2.93. The quantitative estimate of drug-likeness (QED) is 0.353. The van der Waals surface area contributed by atoms with Gasteiger partial charge in [0.2, 0.25) is 0 Å². The summed E-state index contributed by atoms with van der Waals surface area (Å²) < 4.78 is 1.88. The minimum Gasteiger partial charge on any atom is -0.506 e. The molecule has 148 valence electrons. The number of aryl methyl sites for hydroxylation is 1. The maximum Gasteiger partial charge on any atom is 0.337 e. The van der Waals surface area contributed by atoms with E-state index in [1.165, 1.54) is 30.5 Å². The van der Waals surface area contributed by atoms with E-state index in [-0.39, 0.29) is 27.7 Å². The standard InChI is InChI=1S/C20H16ClN3O5/c1-11-7-13(10-22-18-9-15(24(28)29)4-6-19(18)25)12(2)23(11)14-3-5-16(20(26)27)17(21)8-14/h3-10,25H,1-2H3,(H,26,27). The number of carbonyl (C=O) groups is 1. The lowest BCUT2D eigenvalue weighted by Crippen LogP contribution is -2.02. The van der Waals surface area contributed by atoms with Crippen LogP contribution in [0.15, 0.2) is 47.5 Å². The van der Waals surface area contributed by atoms with E-state index in [2.05, 4.69) is 4.99 Å². The third-order valence-electron chi connectivity index (χ3n) is 4.42. The molecular formula is C20H16ClN3O5. The second-order valence-electron chi connectivity index (χ2n) is 6.32. The number of halogens is 1. The van der Waals surface area contributed by atoms with Gasteiger partial charge in [-0.05, 0) is 44.2 Å². The number of phenolic OH excluding ortho intramolecular Hbond substituents is 1. The summed E-state index contributed by atoms with van der Waals surface area (Å²) in [5.74, 6) is -1.27. The molecule has 29 heavy (non-hydrogen) atoms. The van der Waals surface area contributed by atoms with Crippen molar-refractivity contribution in [1.82, 2.24) is 4.57 Å². The van der Waals surface area contributed by atoms with E-state index in [0.29, 0.717) is 5.69 Å². The van der Waals surface area contributed by atoms with Gasteiger partial charge in [-0.25, -0.2) is 4.79 Å². The fourth-order valence-electron chi connectivity index (χ4n) is 3.00. The molecule has 1 heterocycles. The topological polar surface area (TPSA) is 118 Å². The molecule has 2 aromatic carbocycles. The molecule has 0 spiro atoms. The van der Waals surface area contributed by atoms with Crippen LogP contribution >= 0.6 is 11.6 Å². The minimum absolute atomic E-state index is 0.0146. The van der Waals surface area contributed by atoms with Crippen LogP contribution in [0.3, 0.4) is 0 Å². The third kappa shape index (κ3) is 3.97. The molecule has 0 saturated carbocycles. The number of benzene rings is 2. The summed E-state index contributed by atoms with van der Waals surface area (Å²) in [6, 6.07) is 10.1. The van der Waals surface area contributed by atoms with Crippen LogP contribution in [0.1, 0.15) is 27.3 Å². The van der Waals surface area contributed by atoms with Crippen LogP contribution in [0.4, 0.5) is 11.4 Å². The van der Waals surface area contributed by atoms with Gasteiger partial charge in [-0.3, -0.25) is 15.1 Å². The molecule has 0 aliphatic heterocycles. The van der Waals surface area contributed by atoms with Crippen LogP contribution in [0, 0.1) is 24.0 Å². The monoisotopic (exact) mass is 413 g/mol. The fraction of sp³-hybridized carbons (Fsp3) is 0.100. The highest BCUT2D eigenvalue weighted by atomic mass is 35.5. The third-order valence-corrected chi connectivity index (χ3v) is 4.74. The van der Waals surface area contributed by atoms with E-state index in [1.54, 1.807) is 12.1 Å². The smallest absolute Gasteiger partial charge is 0.337 e. The SMILES string of the molecule is Cc1cc(C=Nc2cc([N+](=O)[O-])ccc2O)c(C)n1-c1ccc(C(=O)O)c(Cl)c1. The number of aromatic nitrogens is 1. The molecule has 3 rings (SSSR count). The molecule has 9 heteroatoms. The lowest BCUT2D eigenvalue weighted by Gasteiger charge is -2.11. The van der Waals surface area contributed by atoms with Crippen LogP contribution in [-0.2, 0) is 0 Å². The van der Waals surface area contributed by atoms with Crippen LogP contribution < -0.4 is 0 Å². The number of carboxylic acids is 1. The number of phenols is 1. The Bertz CT molecular complexity index is 1170. The van der Waals surface area contributed by atoms with Gasteiger partial charge >= 0.3 is 5.97 Å². The number of non-ortho nitro benzene ring substituents is 1. The van der Waals surface area contributed by atoms with Gasteiger partial charge < -0.3 is 14.8 Å². The Labute approximate surface area is 170 Å². The average molecular weight is 414 g/mol. The van der Waals surface area contributed by atoms with Crippen molar-refractivity contribution >= 4 is 35.2 Å². The predicted molar refractivity (Wildman–Crippen MR) is 109 cm³/mol. The second-order valence-corrected chi connectivity index (χ2v) is 6.73. The molecule has 1 aromatic heterocycles. The molecule has 3 aromatic rings. The number of nitro groups is 1. The van der Waals surface area contributed by atoms with E-state index < -0.39 is 10.9 Å². The maximum atomic E-state index is 11.1. The van der Waals surface area contributed by atoms with E-state index in [1.807, 2.05) is 24.5 Å². The van der Waals surface area contributed by atoms with Gasteiger partial charge in [0.25, 0.3) is 5.69 Å². The molecule has 0 aliphatic rings. The summed E-state index contributed by atoms with van der Waals surface area (Å²) in [6.45, 7) is 3.72. The van der Waals surface area contributed by atoms with Gasteiger partial charge in [-0.2, -0.15) is 0 Å². The van der Waals surface area contributed by atoms with Gasteiger partial charge in [-0.15, -0.1) is 0 Å². The molecule has 0 bridgehead atoms. The molecule has 0 radical (unpaired) electrons. The summed E-state index contributed by atoms with van der Waals surface area (Å²) in [4.78, 5) is 25.7. The van der Waals surface area contributed by atoms with Gasteiger partial charge in [0.05, 0.1) is 15.5 Å². The maximum absolute atomic E-state index is 11.1. The van der Waals surface area contributed by atoms with Crippen molar-refractivity contribution in [3.05, 3.63) is 80.1 Å². The zero-order chi connectivity index (χ0) is 21.3. The molecule has 0 amide bonds. The fourth-order valence-corrected chi connectivity index (χ4v) is 3.26. The molecule has 8 nitrogen and oxygen atoms in total. The molecular weight excluding hydrogens is 398 g/mol. The van der Waals surface area contributed by atoms with E-state index in [0.717, 1.165) is 17.0 Å². The summed E-state index contributed by atoms with van der Waals surface area (Å²) >= 11 is 6.08. The highest BCUT2D eigenvalue weighted by molar-refractivity contribution is 6.33. The number of carboxylic acid groups (broad SMARTS) is 1. The second kappa shape index (κ2) is 7.76. The zero-order valence-electron chi connectivity index (χ0n) is 15.5. The van der Waals surface area contributed by atoms with Crippen molar-refractivity contribution in [2.24, 2.45) is 4.99 Å². The summed E-state index contributed by atoms with van der Waals surface area (Å²) in [6.07, 6.45) is 1.50. The highest BCUT2D eigenvalue weighted by Gasteiger charge is 2.14. The molecule has 0 unspecified atom stereocenters. The van der Waals surface area contributed by atoms with E-state index in [9.17, 15) is 20.0 Å². The highest BCUT2D eigenvalue weighted by Crippen LogP contribution is 2.31. The zero-order valence-corrected chi connectivity index (χ0v) is 16.2. The van der Waals surface area contributed by atoms with Gasteiger partial charge in [-0.1, -0.05) is 11.6 Å². The van der Waals surface area contributed by atoms with Gasteiger partial charge in [0.15, 0.2) is 0 Å². The normalized spacial score (nSPS) is 11.1. The van der Waals surface area contributed by atoms with Crippen LogP contribution in [0.5, 0.6) is 5.75 Å². The Morgan fingerprint density at radius 3 is 2.55 bits per heavy atom. The van der Waals surface area contributed by atoms with Crippen molar-refractivity contribution < 1.29 is 19.9 Å². The van der Waals surface area contributed by atoms with Crippen LogP contribution in [-0.4, -0.2) is 31.9 Å². The van der Waals surface area contributed by atoms with Crippen LogP contribution in [0.2, 0.25) is 5.02 Å². The minimum atomic E-state index is -1.10. The number of hydrogen-bond donors (Lipinski definition) is 2. The van der Waals surface area contributed by atoms with Crippen molar-refractivity contribution in [3.63, 3.8) is 0 Å². The Kier molecular flexibility index (Phi) is 5.38. The van der Waals surface area contributed by atoms with Gasteiger partial charge in [0.1, 0.15) is 11.4 Å². The van der Waals surface area contributed by atoms with E-state index in [4.69, 9.17) is 16.7 Å². The van der Waals surface area contributed by atoms with Crippen LogP contribution in [0.25, 0.3) is 5.69 Å². The predicted octanol–water partition coefficient (Wildman–Crippen LogP) is 4.81. The Morgan fingerprint density at radius 2 is 1.93 bits per heavy atom. The molecule has 0 aliphatic carbocycles. The first-order chi connectivity index (χ1) is 13.7. The van der Waals surface area contributed by atoms with Crippen molar-refractivity contribution in [3.8, 4) is 11.4 Å². The molecule has 0 saturated heterocycles. The molecule has 2 N–H and O–H groups in total. The van der Waals surface area contributed by atoms with Gasteiger partial charge in [0, 0.05) is 41.0 Å². The molecule has 0 fully saturated rings. The first kappa shape index (κ1) is 20.1. The summed E-state index contributed by atoms with van der Waals surface area (Å²) in [5, 5.41) is 30.1.